The summed E-state index contributed by atoms with van der Waals surface area (Å²) in [5.74, 6) is 0. The molecule has 176 valence electrons. The third-order valence-corrected chi connectivity index (χ3v) is 6.43. The molecule has 0 bridgehead atoms. The van der Waals surface area contributed by atoms with Gasteiger partial charge in [-0.25, -0.2) is 0 Å². The van der Waals surface area contributed by atoms with E-state index in [9.17, 15) is 15.3 Å². The zero-order valence-electron chi connectivity index (χ0n) is 17.7. The molecule has 2 heterocycles. The fourth-order valence-electron chi connectivity index (χ4n) is 4.56. The molecule has 3 fully saturated rings. The zero-order chi connectivity index (χ0) is 22.1. The molecule has 2 aliphatic heterocycles. The molecule has 0 amide bonds. The molecule has 0 spiro atoms. The van der Waals surface area contributed by atoms with Gasteiger partial charge in [0.05, 0.1) is 30.9 Å². The Morgan fingerprint density at radius 2 is 1.73 bits per heavy atom. The molecule has 10 N–H and O–H groups in total. The van der Waals surface area contributed by atoms with Gasteiger partial charge in [-0.3, -0.25) is 0 Å². The van der Waals surface area contributed by atoms with E-state index in [-0.39, 0.29) is 18.8 Å². The third kappa shape index (κ3) is 5.13. The Kier molecular flexibility index (Phi) is 8.07. The van der Waals surface area contributed by atoms with E-state index in [2.05, 4.69) is 5.32 Å². The highest BCUT2D eigenvalue weighted by molar-refractivity contribution is 4.99. The second kappa shape index (κ2) is 10.0. The van der Waals surface area contributed by atoms with Crippen LogP contribution in [0.1, 0.15) is 32.6 Å². The number of nitrogens with two attached hydrogens (primary N) is 3. The van der Waals surface area contributed by atoms with Crippen LogP contribution in [-0.2, 0) is 18.9 Å². The minimum Gasteiger partial charge on any atom is -0.388 e. The first-order valence-corrected chi connectivity index (χ1v) is 10.7. The van der Waals surface area contributed by atoms with E-state index in [1.54, 1.807) is 14.0 Å². The van der Waals surface area contributed by atoms with Crippen LogP contribution in [0.25, 0.3) is 0 Å². The Bertz CT molecular complexity index is 557. The number of hydrogen-bond acceptors (Lipinski definition) is 11. The summed E-state index contributed by atoms with van der Waals surface area (Å²) in [6.07, 6.45) is -2.98. The molecule has 0 radical (unpaired) electrons. The van der Waals surface area contributed by atoms with Crippen molar-refractivity contribution in [1.29, 1.82) is 0 Å². The van der Waals surface area contributed by atoms with Gasteiger partial charge < -0.3 is 56.8 Å². The van der Waals surface area contributed by atoms with Crippen LogP contribution in [0.3, 0.4) is 0 Å². The molecule has 3 rings (SSSR count). The van der Waals surface area contributed by atoms with Crippen LogP contribution in [0.5, 0.6) is 0 Å². The fourth-order valence-corrected chi connectivity index (χ4v) is 4.56. The van der Waals surface area contributed by atoms with Gasteiger partial charge in [-0.15, -0.1) is 0 Å². The number of aliphatic hydroxyl groups is 3. The Morgan fingerprint density at radius 3 is 2.40 bits per heavy atom. The van der Waals surface area contributed by atoms with Gasteiger partial charge in [0, 0.05) is 12.6 Å². The van der Waals surface area contributed by atoms with Crippen molar-refractivity contribution in [2.45, 2.75) is 99.4 Å². The molecule has 3 aliphatic rings. The minimum absolute atomic E-state index is 0.0201. The summed E-state index contributed by atoms with van der Waals surface area (Å²) < 4.78 is 23.3. The van der Waals surface area contributed by atoms with Crippen LogP contribution in [0, 0.1) is 0 Å². The van der Waals surface area contributed by atoms with Crippen molar-refractivity contribution in [3.8, 4) is 0 Å². The summed E-state index contributed by atoms with van der Waals surface area (Å²) in [5, 5.41) is 34.8. The van der Waals surface area contributed by atoms with Gasteiger partial charge in [-0.2, -0.15) is 0 Å². The fraction of sp³-hybridized carbons (Fsp3) is 1.00. The highest BCUT2D eigenvalue weighted by atomic mass is 16.7. The van der Waals surface area contributed by atoms with E-state index in [1.807, 2.05) is 0 Å². The van der Waals surface area contributed by atoms with Crippen LogP contribution in [0.2, 0.25) is 0 Å². The topological polar surface area (TPSA) is 188 Å². The average molecular weight is 435 g/mol. The molecular formula is C19H38N4O7. The van der Waals surface area contributed by atoms with Crippen molar-refractivity contribution in [3.05, 3.63) is 0 Å². The van der Waals surface area contributed by atoms with E-state index in [0.29, 0.717) is 25.8 Å². The van der Waals surface area contributed by atoms with Crippen LogP contribution < -0.4 is 22.5 Å². The van der Waals surface area contributed by atoms with Gasteiger partial charge in [0.15, 0.2) is 12.6 Å². The number of nitrogens with one attached hydrogen (secondary N) is 1. The number of hydrogen-bond donors (Lipinski definition) is 7. The van der Waals surface area contributed by atoms with Gasteiger partial charge >= 0.3 is 0 Å². The van der Waals surface area contributed by atoms with Crippen molar-refractivity contribution in [2.75, 3.05) is 20.2 Å². The smallest absolute Gasteiger partial charge is 0.185 e. The molecule has 1 aliphatic carbocycles. The maximum absolute atomic E-state index is 10.9. The van der Waals surface area contributed by atoms with Crippen molar-refractivity contribution in [3.63, 3.8) is 0 Å². The quantitative estimate of drug-likeness (QED) is 0.227. The summed E-state index contributed by atoms with van der Waals surface area (Å²) >= 11 is 0. The summed E-state index contributed by atoms with van der Waals surface area (Å²) in [5.41, 5.74) is 16.8. The lowest BCUT2D eigenvalue weighted by atomic mass is 9.87. The maximum Gasteiger partial charge on any atom is 0.185 e. The molecule has 11 nitrogen and oxygen atoms in total. The normalized spacial score (nSPS) is 50.4. The van der Waals surface area contributed by atoms with E-state index < -0.39 is 54.7 Å². The predicted molar refractivity (Wildman–Crippen MR) is 107 cm³/mol. The molecular weight excluding hydrogens is 396 g/mol. The molecule has 0 aromatic heterocycles. The highest BCUT2D eigenvalue weighted by Crippen LogP contribution is 2.31. The lowest BCUT2D eigenvalue weighted by Crippen LogP contribution is -2.66. The Balaban J connectivity index is 1.63. The van der Waals surface area contributed by atoms with Crippen molar-refractivity contribution in [1.82, 2.24) is 5.32 Å². The van der Waals surface area contributed by atoms with Crippen LogP contribution >= 0.6 is 0 Å². The first kappa shape index (κ1) is 24.2. The van der Waals surface area contributed by atoms with Crippen LogP contribution in [-0.4, -0.2) is 102 Å². The molecule has 30 heavy (non-hydrogen) atoms. The summed E-state index contributed by atoms with van der Waals surface area (Å²) in [4.78, 5) is 0. The number of rotatable bonds is 6. The molecule has 0 aromatic carbocycles. The standard InChI is InChI=1S/C19H38N4O7/c1-19(26)8-27-18(14(25)16(19)23-2)29-12-6-5-10(21)15(13(12)24)30-17-11(22)4-3-9(7-20)28-17/h9-18,23-26H,3-8,20-22H2,1-2H3/t9-,10-,11+,12-,13+,14+,15+,16+,17+,18+,19-/m0/s1. The SMILES string of the molecule is CN[C@@H]1[C@@H](O)[C@@H](O[C@H]2CC[C@H](N)[C@@H](O[C@H]3O[C@H](CN)CC[C@H]3N)[C@@H]2O)OC[C@]1(C)O. The van der Waals surface area contributed by atoms with Crippen molar-refractivity contribution in [2.24, 2.45) is 17.2 Å². The van der Waals surface area contributed by atoms with Crippen LogP contribution in [0.4, 0.5) is 0 Å². The number of ether oxygens (including phenoxy) is 4. The van der Waals surface area contributed by atoms with Crippen molar-refractivity contribution < 1.29 is 34.3 Å². The second-order valence-corrected chi connectivity index (χ2v) is 8.90. The Labute approximate surface area is 177 Å². The van der Waals surface area contributed by atoms with E-state index in [4.69, 9.17) is 36.1 Å². The van der Waals surface area contributed by atoms with Crippen molar-refractivity contribution >= 4 is 0 Å². The Hall–Kier alpha value is -0.440. The third-order valence-electron chi connectivity index (χ3n) is 6.43. The first-order chi connectivity index (χ1) is 14.2. The Morgan fingerprint density at radius 1 is 1.03 bits per heavy atom. The van der Waals surface area contributed by atoms with Gasteiger partial charge in [0.1, 0.15) is 23.9 Å². The lowest BCUT2D eigenvalue weighted by molar-refractivity contribution is -0.304. The van der Waals surface area contributed by atoms with Crippen LogP contribution in [0.15, 0.2) is 0 Å². The molecule has 11 heteroatoms. The van der Waals surface area contributed by atoms with E-state index in [0.717, 1.165) is 6.42 Å². The molecule has 1 saturated carbocycles. The van der Waals surface area contributed by atoms with E-state index in [1.165, 1.54) is 0 Å². The molecule has 0 unspecified atom stereocenters. The van der Waals surface area contributed by atoms with Gasteiger partial charge in [-0.1, -0.05) is 0 Å². The molecule has 11 atom stereocenters. The van der Waals surface area contributed by atoms with Gasteiger partial charge in [0.2, 0.25) is 0 Å². The van der Waals surface area contributed by atoms with Gasteiger partial charge in [0.25, 0.3) is 0 Å². The monoisotopic (exact) mass is 434 g/mol. The summed E-state index contributed by atoms with van der Waals surface area (Å²) in [6.45, 7) is 1.92. The lowest BCUT2D eigenvalue weighted by Gasteiger charge is -2.47. The van der Waals surface area contributed by atoms with Gasteiger partial charge in [-0.05, 0) is 39.7 Å². The largest absolute Gasteiger partial charge is 0.388 e. The average Bonchev–Trinajstić information content (AvgIpc) is 2.70. The maximum atomic E-state index is 10.9. The zero-order valence-corrected chi connectivity index (χ0v) is 17.7. The molecule has 0 aromatic rings. The summed E-state index contributed by atoms with van der Waals surface area (Å²) in [6, 6.07) is -1.40. The predicted octanol–water partition coefficient (Wildman–Crippen LogP) is -2.91. The number of aliphatic hydroxyl groups excluding tert-OH is 2. The summed E-state index contributed by atoms with van der Waals surface area (Å²) in [7, 11) is 1.64. The molecule has 2 saturated heterocycles. The first-order valence-electron chi connectivity index (χ1n) is 10.7. The number of likely N-dealkylation sites (N-methyl/N-ethyl adjacent to an activating group) is 1. The highest BCUT2D eigenvalue weighted by Gasteiger charge is 2.49. The minimum atomic E-state index is -1.25. The second-order valence-electron chi connectivity index (χ2n) is 8.90. The van der Waals surface area contributed by atoms with E-state index >= 15 is 0 Å².